The topological polar surface area (TPSA) is 29.3 Å². The number of benzene rings is 8. The van der Waals surface area contributed by atoms with Gasteiger partial charge in [-0.15, -0.1) is 13.2 Å². The maximum Gasteiger partial charge on any atom is 0.133 e. The standard InChI is InChI=1S/C46H31N3.C2H6.C2H4/c1-3-13-30(14-4-1)34-25-26-38(37-20-10-9-19-36(34)37)45-39-21-11-12-22-41(39)47-46(48-45)32-24-27-42-40(29-32)44-35-18-8-7-15-31(35)23-28-43(44)49(42)33-16-5-2-6-17-33;2*1-2/h1-29,45H,(H,47,48);1-2H3;1-2H2. The number of hydrogen-bond acceptors (Lipinski definition) is 2. The van der Waals surface area contributed by atoms with E-state index < -0.39 is 0 Å². The van der Waals surface area contributed by atoms with Gasteiger partial charge in [-0.2, -0.15) is 0 Å². The molecule has 0 saturated carbocycles. The van der Waals surface area contributed by atoms with Gasteiger partial charge < -0.3 is 9.88 Å². The van der Waals surface area contributed by atoms with E-state index in [1.54, 1.807) is 0 Å². The van der Waals surface area contributed by atoms with Gasteiger partial charge in [-0.25, -0.2) is 0 Å². The van der Waals surface area contributed by atoms with Crippen molar-refractivity contribution in [2.24, 2.45) is 4.99 Å². The van der Waals surface area contributed by atoms with Gasteiger partial charge in [-0.1, -0.05) is 147 Å². The number of anilines is 1. The largest absolute Gasteiger partial charge is 0.340 e. The molecule has 1 unspecified atom stereocenters. The van der Waals surface area contributed by atoms with Crippen LogP contribution in [-0.2, 0) is 0 Å². The molecule has 0 aliphatic carbocycles. The number of fused-ring (bicyclic) bond motifs is 7. The van der Waals surface area contributed by atoms with E-state index in [4.69, 9.17) is 4.99 Å². The highest BCUT2D eigenvalue weighted by Crippen LogP contribution is 2.42. The van der Waals surface area contributed by atoms with E-state index in [0.29, 0.717) is 0 Å². The van der Waals surface area contributed by atoms with Crippen molar-refractivity contribution in [3.63, 3.8) is 0 Å². The minimum absolute atomic E-state index is 0.163. The highest BCUT2D eigenvalue weighted by molar-refractivity contribution is 6.23. The van der Waals surface area contributed by atoms with Crippen molar-refractivity contribution in [2.45, 2.75) is 19.9 Å². The quantitative estimate of drug-likeness (QED) is 0.184. The predicted molar refractivity (Wildman–Crippen MR) is 229 cm³/mol. The molecular weight excluding hydrogens is 643 g/mol. The van der Waals surface area contributed by atoms with Crippen LogP contribution in [0.5, 0.6) is 0 Å². The van der Waals surface area contributed by atoms with E-state index in [-0.39, 0.29) is 6.04 Å². The third kappa shape index (κ3) is 5.77. The molecule has 0 saturated heterocycles. The van der Waals surface area contributed by atoms with Gasteiger partial charge in [0, 0.05) is 33.3 Å². The van der Waals surface area contributed by atoms with Crippen LogP contribution in [0, 0.1) is 0 Å². The first-order valence-electron chi connectivity index (χ1n) is 18.3. The Bertz CT molecular complexity index is 2760. The van der Waals surface area contributed by atoms with Gasteiger partial charge >= 0.3 is 0 Å². The Morgan fingerprint density at radius 1 is 0.509 bits per heavy atom. The molecule has 3 nitrogen and oxygen atoms in total. The average molecular weight is 684 g/mol. The molecule has 9 aromatic rings. The third-order valence-electron chi connectivity index (χ3n) is 10.0. The van der Waals surface area contributed by atoms with Gasteiger partial charge in [0.25, 0.3) is 0 Å². The Morgan fingerprint density at radius 3 is 1.94 bits per heavy atom. The molecule has 8 aromatic carbocycles. The molecule has 2 heterocycles. The fourth-order valence-electron chi connectivity index (χ4n) is 7.81. The molecule has 0 radical (unpaired) electrons. The number of aliphatic imine (C=N–C) groups is 1. The molecule has 3 heteroatoms. The van der Waals surface area contributed by atoms with Crippen LogP contribution in [0.1, 0.15) is 36.6 Å². The lowest BCUT2D eigenvalue weighted by molar-refractivity contribution is 0.872. The zero-order valence-electron chi connectivity index (χ0n) is 30.1. The number of nitrogens with zero attached hydrogens (tertiary/aromatic N) is 2. The summed E-state index contributed by atoms with van der Waals surface area (Å²) in [6.07, 6.45) is 0. The van der Waals surface area contributed by atoms with Crippen molar-refractivity contribution in [3.8, 4) is 16.8 Å². The maximum absolute atomic E-state index is 5.53. The first-order chi connectivity index (χ1) is 26.3. The number of aromatic nitrogens is 1. The third-order valence-corrected chi connectivity index (χ3v) is 10.0. The summed E-state index contributed by atoms with van der Waals surface area (Å²) in [5, 5.41) is 11.2. The number of amidine groups is 1. The van der Waals surface area contributed by atoms with E-state index in [0.717, 1.165) is 22.8 Å². The fraction of sp³-hybridized carbons (Fsp3) is 0.0600. The summed E-state index contributed by atoms with van der Waals surface area (Å²) in [7, 11) is 0. The van der Waals surface area contributed by atoms with Crippen LogP contribution in [0.15, 0.2) is 194 Å². The average Bonchev–Trinajstić information content (AvgIpc) is 3.59. The lowest BCUT2D eigenvalue weighted by Crippen LogP contribution is -2.22. The van der Waals surface area contributed by atoms with Crippen molar-refractivity contribution >= 4 is 54.9 Å². The molecule has 53 heavy (non-hydrogen) atoms. The van der Waals surface area contributed by atoms with Crippen LogP contribution in [0.4, 0.5) is 5.69 Å². The highest BCUT2D eigenvalue weighted by atomic mass is 15.0. The van der Waals surface area contributed by atoms with Crippen LogP contribution < -0.4 is 5.32 Å². The van der Waals surface area contributed by atoms with E-state index in [1.807, 2.05) is 13.8 Å². The molecule has 0 amide bonds. The van der Waals surface area contributed by atoms with Crippen LogP contribution in [-0.4, -0.2) is 10.4 Å². The molecular formula is C50H41N3. The normalized spacial score (nSPS) is 13.3. The maximum atomic E-state index is 5.53. The molecule has 1 aliphatic heterocycles. The zero-order valence-corrected chi connectivity index (χ0v) is 30.1. The molecule has 10 rings (SSSR count). The van der Waals surface area contributed by atoms with E-state index in [1.165, 1.54) is 65.6 Å². The number of para-hydroxylation sites is 2. The highest BCUT2D eigenvalue weighted by Gasteiger charge is 2.26. The Balaban J connectivity index is 0.000000969. The van der Waals surface area contributed by atoms with E-state index in [2.05, 4.69) is 199 Å². The van der Waals surface area contributed by atoms with Gasteiger partial charge in [0.15, 0.2) is 0 Å². The minimum Gasteiger partial charge on any atom is -0.340 e. The van der Waals surface area contributed by atoms with Gasteiger partial charge in [-0.3, -0.25) is 4.99 Å². The lowest BCUT2D eigenvalue weighted by atomic mass is 9.88. The molecule has 1 N–H and O–H groups in total. The summed E-state index contributed by atoms with van der Waals surface area (Å²) in [5.41, 5.74) is 10.5. The molecule has 1 atom stereocenters. The van der Waals surface area contributed by atoms with Crippen molar-refractivity contribution in [3.05, 3.63) is 206 Å². The summed E-state index contributed by atoms with van der Waals surface area (Å²) < 4.78 is 2.38. The molecule has 1 aromatic heterocycles. The minimum atomic E-state index is -0.163. The van der Waals surface area contributed by atoms with Gasteiger partial charge in [0.05, 0.1) is 11.0 Å². The summed E-state index contributed by atoms with van der Waals surface area (Å²) in [5.74, 6) is 0.877. The summed E-state index contributed by atoms with van der Waals surface area (Å²) in [4.78, 5) is 5.53. The van der Waals surface area contributed by atoms with Crippen molar-refractivity contribution in [1.29, 1.82) is 0 Å². The van der Waals surface area contributed by atoms with Gasteiger partial charge in [0.1, 0.15) is 11.9 Å². The number of rotatable bonds is 4. The molecule has 0 bridgehead atoms. The first-order valence-corrected chi connectivity index (χ1v) is 18.3. The monoisotopic (exact) mass is 683 g/mol. The second-order valence-electron chi connectivity index (χ2n) is 12.8. The Morgan fingerprint density at radius 2 is 1.15 bits per heavy atom. The smallest absolute Gasteiger partial charge is 0.133 e. The molecule has 256 valence electrons. The summed E-state index contributed by atoms with van der Waals surface area (Å²) >= 11 is 0. The summed E-state index contributed by atoms with van der Waals surface area (Å²) in [6.45, 7) is 10.0. The number of hydrogen-bond donors (Lipinski definition) is 1. The van der Waals surface area contributed by atoms with Crippen LogP contribution in [0.3, 0.4) is 0 Å². The fourth-order valence-corrected chi connectivity index (χ4v) is 7.81. The van der Waals surface area contributed by atoms with Gasteiger partial charge in [0.2, 0.25) is 0 Å². The van der Waals surface area contributed by atoms with E-state index in [9.17, 15) is 0 Å². The first kappa shape index (κ1) is 33.4. The summed E-state index contributed by atoms with van der Waals surface area (Å²) in [6, 6.07) is 63.0. The van der Waals surface area contributed by atoms with Crippen LogP contribution >= 0.6 is 0 Å². The Labute approximate surface area is 311 Å². The van der Waals surface area contributed by atoms with Crippen LogP contribution in [0.2, 0.25) is 0 Å². The molecule has 0 fully saturated rings. The van der Waals surface area contributed by atoms with Crippen molar-refractivity contribution in [2.75, 3.05) is 5.32 Å². The Kier molecular flexibility index (Phi) is 9.14. The second kappa shape index (κ2) is 14.5. The SMILES string of the molecule is C=C.CC.c1ccc(-c2ccc(C3N=C(c4ccc5c(c4)c4c6ccccc6ccc4n5-c4ccccc4)Nc4ccccc43)c3ccccc23)cc1. The van der Waals surface area contributed by atoms with Gasteiger partial charge in [-0.05, 0) is 80.7 Å². The van der Waals surface area contributed by atoms with E-state index >= 15 is 0 Å². The Hall–Kier alpha value is -6.71. The predicted octanol–water partition coefficient (Wildman–Crippen LogP) is 13.5. The molecule has 0 spiro atoms. The van der Waals surface area contributed by atoms with Crippen molar-refractivity contribution in [1.82, 2.24) is 4.57 Å². The number of nitrogens with one attached hydrogen (secondary N) is 1. The lowest BCUT2D eigenvalue weighted by Gasteiger charge is -2.27. The zero-order chi connectivity index (χ0) is 36.3. The van der Waals surface area contributed by atoms with Crippen LogP contribution in [0.25, 0.3) is 60.2 Å². The second-order valence-corrected chi connectivity index (χ2v) is 12.8. The molecule has 1 aliphatic rings. The van der Waals surface area contributed by atoms with Crippen molar-refractivity contribution < 1.29 is 0 Å².